The highest BCUT2D eigenvalue weighted by Crippen LogP contribution is 2.31. The number of hydrogen-bond acceptors (Lipinski definition) is 3. The molecule has 0 atom stereocenters. The molecule has 4 rings (SSSR count). The average molecular weight is 512 g/mol. The number of hydrogen-bond donors (Lipinski definition) is 1. The van der Waals surface area contributed by atoms with E-state index < -0.39 is 17.8 Å². The number of morpholine rings is 1. The van der Waals surface area contributed by atoms with Crippen LogP contribution < -0.4 is 5.32 Å². The minimum atomic E-state index is -4.48. The minimum Gasteiger partial charge on any atom is -0.379 e. The summed E-state index contributed by atoms with van der Waals surface area (Å²) in [6, 6.07) is 24.6. The lowest BCUT2D eigenvalue weighted by Gasteiger charge is -2.31. The van der Waals surface area contributed by atoms with Crippen LogP contribution in [0.15, 0.2) is 84.9 Å². The number of alkyl halides is 3. The van der Waals surface area contributed by atoms with Crippen molar-refractivity contribution in [1.29, 1.82) is 0 Å². The number of nitrogens with zero attached hydrogens (tertiary/aromatic N) is 2. The summed E-state index contributed by atoms with van der Waals surface area (Å²) in [4.78, 5) is 17.3. The van der Waals surface area contributed by atoms with Crippen LogP contribution in [0.25, 0.3) is 0 Å². The molecule has 0 spiro atoms. The Morgan fingerprint density at radius 2 is 1.51 bits per heavy atom. The Bertz CT molecular complexity index is 1080. The normalized spacial score (nSPS) is 14.5. The Kier molecular flexibility index (Phi) is 9.19. The van der Waals surface area contributed by atoms with Gasteiger partial charge in [-0.2, -0.15) is 13.2 Å². The van der Waals surface area contributed by atoms with Gasteiger partial charge >= 0.3 is 12.2 Å². The molecule has 3 aromatic rings. The van der Waals surface area contributed by atoms with Gasteiger partial charge in [-0.1, -0.05) is 66.7 Å². The lowest BCUT2D eigenvalue weighted by Crippen LogP contribution is -2.44. The molecule has 1 heterocycles. The summed E-state index contributed by atoms with van der Waals surface area (Å²) in [6.45, 7) is 4.46. The van der Waals surface area contributed by atoms with Gasteiger partial charge in [-0.15, -0.1) is 0 Å². The summed E-state index contributed by atoms with van der Waals surface area (Å²) < 4.78 is 45.0. The first kappa shape index (κ1) is 26.7. The highest BCUT2D eigenvalue weighted by atomic mass is 19.4. The number of ether oxygens (including phenoxy) is 1. The van der Waals surface area contributed by atoms with E-state index in [4.69, 9.17) is 4.74 Å². The number of nitrogens with one attached hydrogen (secondary N) is 1. The maximum atomic E-state index is 13.3. The van der Waals surface area contributed by atoms with Crippen molar-refractivity contribution >= 4 is 11.7 Å². The van der Waals surface area contributed by atoms with E-state index in [-0.39, 0.29) is 11.6 Å². The molecule has 1 saturated heterocycles. The third kappa shape index (κ3) is 7.81. The zero-order chi connectivity index (χ0) is 26.1. The Labute approximate surface area is 215 Å². The second kappa shape index (κ2) is 12.7. The van der Waals surface area contributed by atoms with Crippen LogP contribution in [0.4, 0.5) is 23.7 Å². The van der Waals surface area contributed by atoms with E-state index >= 15 is 0 Å². The molecule has 0 saturated carbocycles. The summed E-state index contributed by atoms with van der Waals surface area (Å²) in [7, 11) is 0. The molecule has 0 aliphatic carbocycles. The van der Waals surface area contributed by atoms with E-state index in [0.29, 0.717) is 39.3 Å². The maximum Gasteiger partial charge on any atom is 0.416 e. The molecule has 1 N–H and O–H groups in total. The van der Waals surface area contributed by atoms with Crippen LogP contribution in [0, 0.1) is 0 Å². The number of urea groups is 1. The Morgan fingerprint density at radius 1 is 0.892 bits per heavy atom. The number of halogens is 3. The van der Waals surface area contributed by atoms with Crippen molar-refractivity contribution in [2.45, 2.75) is 18.5 Å². The Hall–Kier alpha value is -3.36. The number of benzene rings is 3. The van der Waals surface area contributed by atoms with Crippen molar-refractivity contribution in [2.24, 2.45) is 0 Å². The summed E-state index contributed by atoms with van der Waals surface area (Å²) in [5, 5.41) is 2.69. The van der Waals surface area contributed by atoms with Crippen molar-refractivity contribution in [3.05, 3.63) is 102 Å². The fourth-order valence-electron chi connectivity index (χ4n) is 4.56. The van der Waals surface area contributed by atoms with Gasteiger partial charge in [0.2, 0.25) is 0 Å². The molecule has 196 valence electrons. The quantitative estimate of drug-likeness (QED) is 0.378. The molecule has 0 aromatic heterocycles. The van der Waals surface area contributed by atoms with Crippen LogP contribution in [-0.4, -0.2) is 61.8 Å². The highest BCUT2D eigenvalue weighted by molar-refractivity contribution is 5.89. The van der Waals surface area contributed by atoms with Gasteiger partial charge in [0.25, 0.3) is 0 Å². The predicted molar refractivity (Wildman–Crippen MR) is 139 cm³/mol. The average Bonchev–Trinajstić information content (AvgIpc) is 2.92. The molecule has 0 bridgehead atoms. The Morgan fingerprint density at radius 3 is 2.11 bits per heavy atom. The SMILES string of the molecule is O=C(Nc1cccc(C(F)(F)F)c1)N(CCC(c1ccccc1)c1ccccc1)CCN1CCOCC1. The van der Waals surface area contributed by atoms with E-state index in [9.17, 15) is 18.0 Å². The van der Waals surface area contributed by atoms with E-state index in [1.807, 2.05) is 36.4 Å². The van der Waals surface area contributed by atoms with E-state index in [1.165, 1.54) is 12.1 Å². The zero-order valence-corrected chi connectivity index (χ0v) is 20.7. The number of carbonyl (C=O) groups excluding carboxylic acids is 1. The number of rotatable bonds is 9. The second-order valence-corrected chi connectivity index (χ2v) is 9.11. The summed E-state index contributed by atoms with van der Waals surface area (Å²) in [5.41, 5.74) is 1.64. The predicted octanol–water partition coefficient (Wildman–Crippen LogP) is 6.09. The van der Waals surface area contributed by atoms with Gasteiger partial charge in [-0.3, -0.25) is 4.90 Å². The van der Waals surface area contributed by atoms with Gasteiger partial charge in [-0.05, 0) is 35.7 Å². The van der Waals surface area contributed by atoms with Crippen LogP contribution in [-0.2, 0) is 10.9 Å². The summed E-state index contributed by atoms with van der Waals surface area (Å²) in [5.74, 6) is 0.0784. The molecule has 0 unspecified atom stereocenters. The molecule has 1 aliphatic rings. The van der Waals surface area contributed by atoms with Crippen molar-refractivity contribution in [3.63, 3.8) is 0 Å². The largest absolute Gasteiger partial charge is 0.416 e. The smallest absolute Gasteiger partial charge is 0.379 e. The number of carbonyl (C=O) groups is 1. The van der Waals surface area contributed by atoms with Crippen LogP contribution in [0.3, 0.4) is 0 Å². The molecule has 5 nitrogen and oxygen atoms in total. The molecule has 3 aromatic carbocycles. The monoisotopic (exact) mass is 511 g/mol. The molecule has 8 heteroatoms. The standard InChI is InChI=1S/C29H32F3N3O2/c30-29(31,32)25-12-7-13-26(22-25)33-28(36)35(17-16-34-18-20-37-21-19-34)15-14-27(23-8-3-1-4-9-23)24-10-5-2-6-11-24/h1-13,22,27H,14-21H2,(H,33,36). The zero-order valence-electron chi connectivity index (χ0n) is 20.7. The molecular weight excluding hydrogens is 479 g/mol. The number of anilines is 1. The summed E-state index contributed by atoms with van der Waals surface area (Å²) in [6.07, 6.45) is -3.80. The van der Waals surface area contributed by atoms with Gasteiger partial charge in [0.1, 0.15) is 0 Å². The van der Waals surface area contributed by atoms with Gasteiger partial charge in [0.15, 0.2) is 0 Å². The Balaban J connectivity index is 1.50. The van der Waals surface area contributed by atoms with Gasteiger partial charge in [0.05, 0.1) is 18.8 Å². The third-order valence-corrected chi connectivity index (χ3v) is 6.61. The molecule has 37 heavy (non-hydrogen) atoms. The van der Waals surface area contributed by atoms with E-state index in [1.54, 1.807) is 4.90 Å². The van der Waals surface area contributed by atoms with Crippen molar-refractivity contribution in [2.75, 3.05) is 51.3 Å². The molecule has 1 aliphatic heterocycles. The van der Waals surface area contributed by atoms with Gasteiger partial charge in [0, 0.05) is 44.3 Å². The molecular formula is C29H32F3N3O2. The lowest BCUT2D eigenvalue weighted by atomic mass is 9.88. The maximum absolute atomic E-state index is 13.3. The summed E-state index contributed by atoms with van der Waals surface area (Å²) >= 11 is 0. The van der Waals surface area contributed by atoms with E-state index in [2.05, 4.69) is 34.5 Å². The first-order valence-electron chi connectivity index (χ1n) is 12.5. The molecule has 0 radical (unpaired) electrons. The van der Waals surface area contributed by atoms with Crippen LogP contribution >= 0.6 is 0 Å². The van der Waals surface area contributed by atoms with Crippen molar-refractivity contribution < 1.29 is 22.7 Å². The van der Waals surface area contributed by atoms with Crippen LogP contribution in [0.1, 0.15) is 29.0 Å². The van der Waals surface area contributed by atoms with Crippen molar-refractivity contribution in [1.82, 2.24) is 9.80 Å². The fraction of sp³-hybridized carbons (Fsp3) is 0.345. The molecule has 2 amide bonds. The third-order valence-electron chi connectivity index (χ3n) is 6.61. The molecule has 1 fully saturated rings. The fourth-order valence-corrected chi connectivity index (χ4v) is 4.56. The highest BCUT2D eigenvalue weighted by Gasteiger charge is 2.30. The lowest BCUT2D eigenvalue weighted by molar-refractivity contribution is -0.137. The van der Waals surface area contributed by atoms with Crippen molar-refractivity contribution in [3.8, 4) is 0 Å². The first-order chi connectivity index (χ1) is 17.9. The van der Waals surface area contributed by atoms with Crippen LogP contribution in [0.2, 0.25) is 0 Å². The topological polar surface area (TPSA) is 44.8 Å². The van der Waals surface area contributed by atoms with E-state index in [0.717, 1.165) is 36.3 Å². The number of amides is 2. The van der Waals surface area contributed by atoms with Crippen LogP contribution in [0.5, 0.6) is 0 Å². The second-order valence-electron chi connectivity index (χ2n) is 9.11. The first-order valence-corrected chi connectivity index (χ1v) is 12.5. The van der Waals surface area contributed by atoms with Gasteiger partial charge in [-0.25, -0.2) is 4.79 Å². The van der Waals surface area contributed by atoms with Gasteiger partial charge < -0.3 is 15.0 Å². The minimum absolute atomic E-state index is 0.0784.